The van der Waals surface area contributed by atoms with Gasteiger partial charge in [0.25, 0.3) is 5.91 Å². The first-order chi connectivity index (χ1) is 14.6. The van der Waals surface area contributed by atoms with Gasteiger partial charge in [-0.25, -0.2) is 9.78 Å². The van der Waals surface area contributed by atoms with Crippen LogP contribution in [0.4, 0.5) is 23.7 Å². The second-order valence-corrected chi connectivity index (χ2v) is 6.83. The van der Waals surface area contributed by atoms with E-state index in [1.54, 1.807) is 6.07 Å². The van der Waals surface area contributed by atoms with Gasteiger partial charge >= 0.3 is 12.2 Å². The van der Waals surface area contributed by atoms with Gasteiger partial charge in [0.05, 0.1) is 33.1 Å². The summed E-state index contributed by atoms with van der Waals surface area (Å²) in [6.07, 6.45) is -3.20. The van der Waals surface area contributed by atoms with Crippen molar-refractivity contribution in [1.29, 1.82) is 0 Å². The Balaban J connectivity index is 1.59. The van der Waals surface area contributed by atoms with Gasteiger partial charge in [0.15, 0.2) is 0 Å². The second kappa shape index (κ2) is 9.23. The summed E-state index contributed by atoms with van der Waals surface area (Å²) in [5.41, 5.74) is -0.610. The molecule has 0 aliphatic carbocycles. The standard InChI is InChI=1S/C20H12Cl2F3N3O3/c21-14-2-1-3-15(22)17(14)18(29)28-19(30)27-12-6-9-16(26-10-12)31-13-7-4-11(5-8-13)20(23,24)25/h1-10H,(H2,27,28,29,30). The van der Waals surface area contributed by atoms with E-state index in [0.717, 1.165) is 24.3 Å². The minimum atomic E-state index is -4.44. The number of hydrogen-bond donors (Lipinski definition) is 2. The number of nitrogens with one attached hydrogen (secondary N) is 2. The molecule has 1 heterocycles. The van der Waals surface area contributed by atoms with E-state index >= 15 is 0 Å². The number of imide groups is 1. The van der Waals surface area contributed by atoms with Crippen molar-refractivity contribution in [3.8, 4) is 11.6 Å². The molecule has 0 unspecified atom stereocenters. The normalized spacial score (nSPS) is 11.0. The number of alkyl halides is 3. The van der Waals surface area contributed by atoms with Crippen LogP contribution in [-0.4, -0.2) is 16.9 Å². The predicted molar refractivity (Wildman–Crippen MR) is 109 cm³/mol. The van der Waals surface area contributed by atoms with Crippen LogP contribution in [-0.2, 0) is 6.18 Å². The van der Waals surface area contributed by atoms with Crippen molar-refractivity contribution in [3.63, 3.8) is 0 Å². The Morgan fingerprint density at radius 2 is 1.58 bits per heavy atom. The van der Waals surface area contributed by atoms with Gasteiger partial charge in [-0.3, -0.25) is 10.1 Å². The fraction of sp³-hybridized carbons (Fsp3) is 0.0500. The number of nitrogens with zero attached hydrogens (tertiary/aromatic N) is 1. The van der Waals surface area contributed by atoms with E-state index in [0.29, 0.717) is 0 Å². The zero-order chi connectivity index (χ0) is 22.6. The third kappa shape index (κ3) is 5.87. The number of carbonyl (C=O) groups excluding carboxylic acids is 2. The number of ether oxygens (including phenoxy) is 1. The number of halogens is 5. The van der Waals surface area contributed by atoms with Crippen molar-refractivity contribution < 1.29 is 27.5 Å². The lowest BCUT2D eigenvalue weighted by molar-refractivity contribution is -0.137. The molecule has 31 heavy (non-hydrogen) atoms. The monoisotopic (exact) mass is 469 g/mol. The molecule has 11 heteroatoms. The first-order valence-electron chi connectivity index (χ1n) is 8.51. The van der Waals surface area contributed by atoms with Crippen LogP contribution < -0.4 is 15.4 Å². The smallest absolute Gasteiger partial charge is 0.416 e. The molecule has 3 aromatic rings. The molecular formula is C20H12Cl2F3N3O3. The van der Waals surface area contributed by atoms with Gasteiger partial charge in [0.1, 0.15) is 5.75 Å². The van der Waals surface area contributed by atoms with Crippen LogP contribution in [0.25, 0.3) is 0 Å². The lowest BCUT2D eigenvalue weighted by atomic mass is 10.2. The van der Waals surface area contributed by atoms with Gasteiger partial charge < -0.3 is 10.1 Å². The first kappa shape index (κ1) is 22.4. The first-order valence-corrected chi connectivity index (χ1v) is 9.26. The Hall–Kier alpha value is -3.30. The van der Waals surface area contributed by atoms with Gasteiger partial charge in [-0.2, -0.15) is 13.2 Å². The zero-order valence-corrected chi connectivity index (χ0v) is 16.8. The van der Waals surface area contributed by atoms with Crippen LogP contribution >= 0.6 is 23.2 Å². The molecule has 2 N–H and O–H groups in total. The Morgan fingerprint density at radius 1 is 0.935 bits per heavy atom. The highest BCUT2D eigenvalue weighted by molar-refractivity contribution is 6.40. The van der Waals surface area contributed by atoms with Crippen molar-refractivity contribution in [2.75, 3.05) is 5.32 Å². The van der Waals surface area contributed by atoms with Crippen molar-refractivity contribution in [2.24, 2.45) is 0 Å². The van der Waals surface area contributed by atoms with Gasteiger partial charge in [-0.1, -0.05) is 29.3 Å². The van der Waals surface area contributed by atoms with E-state index < -0.39 is 23.7 Å². The number of benzene rings is 2. The maximum Gasteiger partial charge on any atom is 0.416 e. The maximum atomic E-state index is 12.6. The minimum Gasteiger partial charge on any atom is -0.439 e. The average Bonchev–Trinajstić information content (AvgIpc) is 2.69. The number of amides is 3. The Morgan fingerprint density at radius 3 is 2.13 bits per heavy atom. The summed E-state index contributed by atoms with van der Waals surface area (Å²) in [5, 5.41) is 4.66. The number of urea groups is 1. The van der Waals surface area contributed by atoms with E-state index in [2.05, 4.69) is 15.6 Å². The summed E-state index contributed by atoms with van der Waals surface area (Å²) >= 11 is 11.9. The summed E-state index contributed by atoms with van der Waals surface area (Å²) in [6, 6.07) is 10.5. The van der Waals surface area contributed by atoms with Crippen molar-refractivity contribution in [3.05, 3.63) is 82.0 Å². The summed E-state index contributed by atoms with van der Waals surface area (Å²) in [7, 11) is 0. The molecule has 0 radical (unpaired) electrons. The number of rotatable bonds is 4. The quantitative estimate of drug-likeness (QED) is 0.479. The van der Waals surface area contributed by atoms with Crippen LogP contribution in [0.15, 0.2) is 60.8 Å². The zero-order valence-electron chi connectivity index (χ0n) is 15.3. The fourth-order valence-corrected chi connectivity index (χ4v) is 2.96. The molecule has 3 amide bonds. The summed E-state index contributed by atoms with van der Waals surface area (Å²) in [4.78, 5) is 28.2. The number of carbonyl (C=O) groups is 2. The minimum absolute atomic E-state index is 0.0422. The topological polar surface area (TPSA) is 80.3 Å². The number of anilines is 1. The van der Waals surface area contributed by atoms with Crippen molar-refractivity contribution >= 4 is 40.8 Å². The molecular weight excluding hydrogens is 458 g/mol. The molecule has 0 spiro atoms. The summed E-state index contributed by atoms with van der Waals surface area (Å²) < 4.78 is 43.1. The Bertz CT molecular complexity index is 1090. The van der Waals surface area contributed by atoms with Gasteiger partial charge in [0, 0.05) is 6.07 Å². The average molecular weight is 470 g/mol. The highest BCUT2D eigenvalue weighted by atomic mass is 35.5. The molecule has 0 fully saturated rings. The lowest BCUT2D eigenvalue weighted by Gasteiger charge is -2.10. The Kier molecular flexibility index (Phi) is 6.67. The Labute approximate surface area is 183 Å². The fourth-order valence-electron chi connectivity index (χ4n) is 2.39. The molecule has 1 aromatic heterocycles. The lowest BCUT2D eigenvalue weighted by Crippen LogP contribution is -2.34. The van der Waals surface area contributed by atoms with Gasteiger partial charge in [-0.15, -0.1) is 0 Å². The second-order valence-electron chi connectivity index (χ2n) is 6.01. The molecule has 0 aliphatic rings. The summed E-state index contributed by atoms with van der Waals surface area (Å²) in [5.74, 6) is -0.547. The van der Waals surface area contributed by atoms with Crippen LogP contribution in [0.5, 0.6) is 11.6 Å². The molecule has 160 valence electrons. The van der Waals surface area contributed by atoms with Crippen LogP contribution in [0.3, 0.4) is 0 Å². The van der Waals surface area contributed by atoms with E-state index in [1.165, 1.54) is 30.5 Å². The predicted octanol–water partition coefficient (Wildman–Crippen LogP) is 6.16. The molecule has 0 aliphatic heterocycles. The third-order valence-electron chi connectivity index (χ3n) is 3.82. The number of hydrogen-bond acceptors (Lipinski definition) is 4. The third-order valence-corrected chi connectivity index (χ3v) is 4.45. The van der Waals surface area contributed by atoms with Crippen LogP contribution in [0, 0.1) is 0 Å². The maximum absolute atomic E-state index is 12.6. The van der Waals surface area contributed by atoms with Crippen molar-refractivity contribution in [1.82, 2.24) is 10.3 Å². The van der Waals surface area contributed by atoms with Gasteiger partial charge in [0.2, 0.25) is 5.88 Å². The summed E-state index contributed by atoms with van der Waals surface area (Å²) in [6.45, 7) is 0. The molecule has 2 aromatic carbocycles. The molecule has 0 saturated carbocycles. The van der Waals surface area contributed by atoms with Crippen LogP contribution in [0.2, 0.25) is 10.0 Å². The van der Waals surface area contributed by atoms with Gasteiger partial charge in [-0.05, 0) is 42.5 Å². The van der Waals surface area contributed by atoms with Crippen molar-refractivity contribution in [2.45, 2.75) is 6.18 Å². The molecule has 0 bridgehead atoms. The van der Waals surface area contributed by atoms with E-state index in [9.17, 15) is 22.8 Å². The number of aromatic nitrogens is 1. The van der Waals surface area contributed by atoms with Crippen LogP contribution in [0.1, 0.15) is 15.9 Å². The highest BCUT2D eigenvalue weighted by Crippen LogP contribution is 2.31. The van der Waals surface area contributed by atoms with E-state index in [4.69, 9.17) is 27.9 Å². The molecule has 6 nitrogen and oxygen atoms in total. The van der Waals surface area contributed by atoms with E-state index in [-0.39, 0.29) is 32.9 Å². The SMILES string of the molecule is O=C(NC(=O)c1c(Cl)cccc1Cl)Nc1ccc(Oc2ccc(C(F)(F)F)cc2)nc1. The largest absolute Gasteiger partial charge is 0.439 e. The molecule has 3 rings (SSSR count). The molecule has 0 atom stereocenters. The molecule has 0 saturated heterocycles. The van der Waals surface area contributed by atoms with E-state index in [1.807, 2.05) is 0 Å². The highest BCUT2D eigenvalue weighted by Gasteiger charge is 2.30. The number of pyridine rings is 1.